The minimum atomic E-state index is -0.419. The highest BCUT2D eigenvalue weighted by atomic mass is 16.5. The third-order valence-corrected chi connectivity index (χ3v) is 4.53. The number of para-hydroxylation sites is 2. The van der Waals surface area contributed by atoms with Gasteiger partial charge in [0.2, 0.25) is 0 Å². The maximum atomic E-state index is 12.1. The number of fused-ring (bicyclic) bond motifs is 1. The summed E-state index contributed by atoms with van der Waals surface area (Å²) in [5, 5.41) is 6.92. The van der Waals surface area contributed by atoms with Crippen LogP contribution in [0.15, 0.2) is 54.7 Å². The minimum absolute atomic E-state index is 0.232. The van der Waals surface area contributed by atoms with Crippen molar-refractivity contribution in [3.63, 3.8) is 0 Å². The number of aromatic nitrogens is 1. The van der Waals surface area contributed by atoms with E-state index in [1.165, 1.54) is 10.9 Å². The molecule has 3 rings (SSSR count). The highest BCUT2D eigenvalue weighted by molar-refractivity contribution is 5.83. The molecular formula is C22H27N3O2. The molecule has 1 heterocycles. The molecule has 3 aromatic rings. The fourth-order valence-corrected chi connectivity index (χ4v) is 3.17. The summed E-state index contributed by atoms with van der Waals surface area (Å²) in [6, 6.07) is 15.9. The topological polar surface area (TPSA) is 66.2 Å². The van der Waals surface area contributed by atoms with Gasteiger partial charge in [0, 0.05) is 23.6 Å². The summed E-state index contributed by atoms with van der Waals surface area (Å²) in [6.45, 7) is 6.63. The lowest BCUT2D eigenvalue weighted by atomic mass is 10.0. The Morgan fingerprint density at radius 3 is 2.63 bits per heavy atom. The molecule has 1 atom stereocenters. The van der Waals surface area contributed by atoms with E-state index in [-0.39, 0.29) is 6.03 Å². The van der Waals surface area contributed by atoms with E-state index in [2.05, 4.69) is 35.5 Å². The van der Waals surface area contributed by atoms with Crippen molar-refractivity contribution in [2.24, 2.45) is 0 Å². The normalized spacial score (nSPS) is 12.1. The highest BCUT2D eigenvalue weighted by Crippen LogP contribution is 2.26. The van der Waals surface area contributed by atoms with Crippen molar-refractivity contribution >= 4 is 16.9 Å². The fraction of sp³-hybridized carbons (Fsp3) is 0.318. The molecule has 0 bridgehead atoms. The molecule has 1 aromatic heterocycles. The molecule has 0 aliphatic rings. The Hall–Kier alpha value is -2.95. The summed E-state index contributed by atoms with van der Waals surface area (Å²) in [7, 11) is 0. The van der Waals surface area contributed by atoms with Crippen LogP contribution in [0.2, 0.25) is 0 Å². The zero-order valence-corrected chi connectivity index (χ0v) is 16.1. The second-order valence-corrected chi connectivity index (χ2v) is 6.96. The van der Waals surface area contributed by atoms with E-state index in [4.69, 9.17) is 4.74 Å². The van der Waals surface area contributed by atoms with Crippen molar-refractivity contribution in [1.29, 1.82) is 0 Å². The molecule has 142 valence electrons. The second kappa shape index (κ2) is 8.62. The summed E-state index contributed by atoms with van der Waals surface area (Å²) in [6.07, 6.45) is 2.35. The Kier molecular flexibility index (Phi) is 6.01. The summed E-state index contributed by atoms with van der Waals surface area (Å²) in [4.78, 5) is 15.4. The van der Waals surface area contributed by atoms with Crippen LogP contribution in [0.25, 0.3) is 10.9 Å². The maximum Gasteiger partial charge on any atom is 0.317 e. The lowest BCUT2D eigenvalue weighted by molar-refractivity contribution is 0.175. The van der Waals surface area contributed by atoms with Crippen LogP contribution in [0, 0.1) is 0 Å². The van der Waals surface area contributed by atoms with Crippen LogP contribution in [0.5, 0.6) is 5.75 Å². The van der Waals surface area contributed by atoms with Gasteiger partial charge in [-0.15, -0.1) is 0 Å². The van der Waals surface area contributed by atoms with Gasteiger partial charge in [-0.25, -0.2) is 4.79 Å². The summed E-state index contributed by atoms with van der Waals surface area (Å²) < 4.78 is 5.91. The van der Waals surface area contributed by atoms with Crippen molar-refractivity contribution in [3.05, 3.63) is 65.9 Å². The number of urea groups is 1. The summed E-state index contributed by atoms with van der Waals surface area (Å²) >= 11 is 0. The van der Waals surface area contributed by atoms with Gasteiger partial charge in [-0.1, -0.05) is 50.2 Å². The molecule has 5 heteroatoms. The van der Waals surface area contributed by atoms with E-state index in [1.54, 1.807) is 0 Å². The van der Waals surface area contributed by atoms with Crippen molar-refractivity contribution < 1.29 is 9.53 Å². The number of hydrogen-bond donors (Lipinski definition) is 3. The first-order valence-corrected chi connectivity index (χ1v) is 9.39. The predicted octanol–water partition coefficient (Wildman–Crippen LogP) is 4.56. The molecule has 0 aliphatic carbocycles. The second-order valence-electron chi connectivity index (χ2n) is 6.96. The van der Waals surface area contributed by atoms with E-state index in [9.17, 15) is 4.79 Å². The standard InChI is InChI=1S/C22H27N3O2/c1-15(2)18-8-5-7-11-21(18)27-16(3)25-22(26)23-13-12-17-14-24-20-10-6-4-9-19(17)20/h4-11,14-16,24H,12-13H2,1-3H3,(H2,23,25,26). The van der Waals surface area contributed by atoms with Gasteiger partial charge in [-0.05, 0) is 42.5 Å². The number of benzene rings is 2. The van der Waals surface area contributed by atoms with Gasteiger partial charge in [-0.2, -0.15) is 0 Å². The van der Waals surface area contributed by atoms with Gasteiger partial charge >= 0.3 is 6.03 Å². The fourth-order valence-electron chi connectivity index (χ4n) is 3.17. The first-order chi connectivity index (χ1) is 13.0. The van der Waals surface area contributed by atoms with Crippen LogP contribution in [-0.2, 0) is 6.42 Å². The van der Waals surface area contributed by atoms with Crippen molar-refractivity contribution in [2.45, 2.75) is 39.3 Å². The van der Waals surface area contributed by atoms with Gasteiger partial charge in [-0.3, -0.25) is 0 Å². The Balaban J connectivity index is 1.48. The smallest absolute Gasteiger partial charge is 0.317 e. The van der Waals surface area contributed by atoms with Crippen LogP contribution in [0.4, 0.5) is 4.79 Å². The molecule has 3 N–H and O–H groups in total. The average molecular weight is 365 g/mol. The van der Waals surface area contributed by atoms with Crippen molar-refractivity contribution in [2.75, 3.05) is 6.54 Å². The molecule has 0 radical (unpaired) electrons. The number of carbonyl (C=O) groups is 1. The average Bonchev–Trinajstić information content (AvgIpc) is 3.05. The molecule has 2 aromatic carbocycles. The number of carbonyl (C=O) groups excluding carboxylic acids is 1. The van der Waals surface area contributed by atoms with Crippen LogP contribution >= 0.6 is 0 Å². The summed E-state index contributed by atoms with van der Waals surface area (Å²) in [5.41, 5.74) is 3.44. The number of rotatable bonds is 7. The third-order valence-electron chi connectivity index (χ3n) is 4.53. The lowest BCUT2D eigenvalue weighted by Gasteiger charge is -2.20. The Labute approximate surface area is 160 Å². The highest BCUT2D eigenvalue weighted by Gasteiger charge is 2.12. The third kappa shape index (κ3) is 4.82. The SMILES string of the molecule is CC(NC(=O)NCCc1c[nH]c2ccccc12)Oc1ccccc1C(C)C. The van der Waals surface area contributed by atoms with Crippen molar-refractivity contribution in [1.82, 2.24) is 15.6 Å². The number of aromatic amines is 1. The van der Waals surface area contributed by atoms with Crippen LogP contribution < -0.4 is 15.4 Å². The largest absolute Gasteiger partial charge is 0.471 e. The molecule has 0 aliphatic heterocycles. The molecule has 0 fully saturated rings. The Morgan fingerprint density at radius 1 is 1.07 bits per heavy atom. The number of hydrogen-bond acceptors (Lipinski definition) is 2. The lowest BCUT2D eigenvalue weighted by Crippen LogP contribution is -2.44. The van der Waals surface area contributed by atoms with E-state index in [1.807, 2.05) is 55.6 Å². The van der Waals surface area contributed by atoms with Gasteiger partial charge < -0.3 is 20.4 Å². The zero-order valence-electron chi connectivity index (χ0n) is 16.1. The van der Waals surface area contributed by atoms with Crippen LogP contribution in [0.3, 0.4) is 0 Å². The monoisotopic (exact) mass is 365 g/mol. The molecule has 0 spiro atoms. The quantitative estimate of drug-likeness (QED) is 0.538. The molecule has 27 heavy (non-hydrogen) atoms. The maximum absolute atomic E-state index is 12.1. The number of ether oxygens (including phenoxy) is 1. The number of amides is 2. The molecule has 1 unspecified atom stereocenters. The van der Waals surface area contributed by atoms with E-state index >= 15 is 0 Å². The van der Waals surface area contributed by atoms with Crippen LogP contribution in [-0.4, -0.2) is 23.8 Å². The zero-order chi connectivity index (χ0) is 19.2. The van der Waals surface area contributed by atoms with Crippen molar-refractivity contribution in [3.8, 4) is 5.75 Å². The Morgan fingerprint density at radius 2 is 1.81 bits per heavy atom. The minimum Gasteiger partial charge on any atom is -0.471 e. The molecule has 0 saturated heterocycles. The predicted molar refractivity (Wildman–Crippen MR) is 109 cm³/mol. The molecular weight excluding hydrogens is 338 g/mol. The van der Waals surface area contributed by atoms with Crippen LogP contribution in [0.1, 0.15) is 37.8 Å². The van der Waals surface area contributed by atoms with E-state index in [0.717, 1.165) is 23.3 Å². The first-order valence-electron chi connectivity index (χ1n) is 9.39. The molecule has 5 nitrogen and oxygen atoms in total. The van der Waals surface area contributed by atoms with Gasteiger partial charge in [0.15, 0.2) is 6.23 Å². The molecule has 0 saturated carbocycles. The van der Waals surface area contributed by atoms with E-state index in [0.29, 0.717) is 12.5 Å². The molecule has 2 amide bonds. The Bertz CT molecular complexity index is 901. The van der Waals surface area contributed by atoms with Gasteiger partial charge in [0.1, 0.15) is 5.75 Å². The first kappa shape index (κ1) is 18.8. The number of H-pyrrole nitrogens is 1. The van der Waals surface area contributed by atoms with Gasteiger partial charge in [0.25, 0.3) is 0 Å². The summed E-state index contributed by atoms with van der Waals surface area (Å²) in [5.74, 6) is 1.16. The van der Waals surface area contributed by atoms with E-state index < -0.39 is 6.23 Å². The number of nitrogens with one attached hydrogen (secondary N) is 3. The van der Waals surface area contributed by atoms with Gasteiger partial charge in [0.05, 0.1) is 0 Å².